The van der Waals surface area contributed by atoms with Gasteiger partial charge in [-0.15, -0.1) is 0 Å². The Hall–Kier alpha value is -1.97. The summed E-state index contributed by atoms with van der Waals surface area (Å²) in [5.41, 5.74) is 4.37. The van der Waals surface area contributed by atoms with Crippen LogP contribution < -0.4 is 0 Å². The van der Waals surface area contributed by atoms with Gasteiger partial charge in [-0.2, -0.15) is 0 Å². The summed E-state index contributed by atoms with van der Waals surface area (Å²) in [7, 11) is 0. The fourth-order valence-corrected chi connectivity index (χ4v) is 2.68. The molecule has 0 radical (unpaired) electrons. The van der Waals surface area contributed by atoms with Crippen molar-refractivity contribution in [1.29, 1.82) is 0 Å². The largest absolute Gasteiger partial charge is 0.340 e. The predicted molar refractivity (Wildman–Crippen MR) is 69.0 cm³/mol. The molecule has 1 aliphatic heterocycles. The summed E-state index contributed by atoms with van der Waals surface area (Å²) in [6, 6.07) is 4.20. The van der Waals surface area contributed by atoms with Gasteiger partial charge in [-0.25, -0.2) is 0 Å². The van der Waals surface area contributed by atoms with Crippen LogP contribution in [0.4, 0.5) is 0 Å². The third-order valence-electron chi connectivity index (χ3n) is 3.64. The molecule has 1 amide bonds. The molecular weight excluding hydrogens is 226 g/mol. The molecule has 3 rings (SSSR count). The first-order valence-electron chi connectivity index (χ1n) is 6.24. The molecule has 92 valence electrons. The lowest BCUT2D eigenvalue weighted by Gasteiger charge is -2.32. The van der Waals surface area contributed by atoms with Crippen LogP contribution in [0.25, 0.3) is 11.0 Å². The molecular formula is C14H15N3O. The van der Waals surface area contributed by atoms with Crippen LogP contribution in [-0.2, 0) is 11.3 Å². The highest BCUT2D eigenvalue weighted by Gasteiger charge is 2.24. The Balaban J connectivity index is 2.16. The van der Waals surface area contributed by atoms with Crippen LogP contribution in [0, 0.1) is 0 Å². The summed E-state index contributed by atoms with van der Waals surface area (Å²) in [5, 5.41) is 0. The van der Waals surface area contributed by atoms with Crippen LogP contribution >= 0.6 is 0 Å². The molecule has 2 heterocycles. The van der Waals surface area contributed by atoms with Gasteiger partial charge in [0.25, 0.3) is 0 Å². The third-order valence-corrected chi connectivity index (χ3v) is 3.64. The summed E-state index contributed by atoms with van der Waals surface area (Å²) in [6.07, 6.45) is 5.39. The van der Waals surface area contributed by atoms with E-state index in [-0.39, 0.29) is 0 Å². The van der Waals surface area contributed by atoms with Gasteiger partial charge in [-0.1, -0.05) is 6.92 Å². The first-order chi connectivity index (χ1) is 8.81. The predicted octanol–water partition coefficient (Wildman–Crippen LogP) is 2.10. The van der Waals surface area contributed by atoms with Gasteiger partial charge < -0.3 is 4.90 Å². The van der Waals surface area contributed by atoms with Crippen LogP contribution in [0.5, 0.6) is 0 Å². The molecule has 0 fully saturated rings. The minimum absolute atomic E-state index is 0.408. The molecule has 0 aliphatic carbocycles. The highest BCUT2D eigenvalue weighted by Crippen LogP contribution is 2.32. The van der Waals surface area contributed by atoms with Gasteiger partial charge in [-0.05, 0) is 29.7 Å². The van der Waals surface area contributed by atoms with Gasteiger partial charge in [0.2, 0.25) is 6.41 Å². The summed E-state index contributed by atoms with van der Waals surface area (Å²) in [6.45, 7) is 3.64. The van der Waals surface area contributed by atoms with E-state index in [9.17, 15) is 4.79 Å². The maximum atomic E-state index is 11.0. The van der Waals surface area contributed by atoms with Crippen molar-refractivity contribution >= 4 is 17.4 Å². The minimum atomic E-state index is 0.408. The summed E-state index contributed by atoms with van der Waals surface area (Å²) < 4.78 is 0. The summed E-state index contributed by atoms with van der Waals surface area (Å²) >= 11 is 0. The maximum Gasteiger partial charge on any atom is 0.210 e. The number of amides is 1. The molecule has 4 heteroatoms. The van der Waals surface area contributed by atoms with Crippen molar-refractivity contribution in [2.75, 3.05) is 6.54 Å². The number of hydrogen-bond acceptors (Lipinski definition) is 3. The second-order valence-electron chi connectivity index (χ2n) is 4.74. The molecule has 1 aromatic heterocycles. The normalized spacial score (nSPS) is 18.7. The molecule has 0 saturated carbocycles. The fourth-order valence-electron chi connectivity index (χ4n) is 2.68. The van der Waals surface area contributed by atoms with E-state index in [4.69, 9.17) is 0 Å². The number of nitrogens with zero attached hydrogens (tertiary/aromatic N) is 3. The third kappa shape index (κ3) is 1.74. The number of carbonyl (C=O) groups is 1. The Morgan fingerprint density at radius 3 is 2.72 bits per heavy atom. The van der Waals surface area contributed by atoms with Gasteiger partial charge in [0.05, 0.1) is 11.0 Å². The van der Waals surface area contributed by atoms with Crippen molar-refractivity contribution in [2.24, 2.45) is 0 Å². The van der Waals surface area contributed by atoms with E-state index in [0.717, 1.165) is 30.4 Å². The van der Waals surface area contributed by atoms with E-state index in [2.05, 4.69) is 29.0 Å². The van der Waals surface area contributed by atoms with Gasteiger partial charge in [0, 0.05) is 31.4 Å². The highest BCUT2D eigenvalue weighted by molar-refractivity contribution is 5.76. The van der Waals surface area contributed by atoms with Crippen molar-refractivity contribution < 1.29 is 4.79 Å². The zero-order chi connectivity index (χ0) is 12.5. The molecule has 1 atom stereocenters. The SMILES string of the molecule is CCC1CN(C=O)Cc2cc3nccnc3cc21. The van der Waals surface area contributed by atoms with Gasteiger partial charge in [0.1, 0.15) is 0 Å². The molecule has 1 aliphatic rings. The van der Waals surface area contributed by atoms with Crippen molar-refractivity contribution in [3.05, 3.63) is 35.7 Å². The molecule has 0 bridgehead atoms. The lowest BCUT2D eigenvalue weighted by molar-refractivity contribution is -0.119. The Morgan fingerprint density at radius 1 is 1.33 bits per heavy atom. The standard InChI is InChI=1S/C14H15N3O/c1-2-10-7-17(9-18)8-11-5-13-14(6-12(10)11)16-4-3-15-13/h3-6,9-10H,2,7-8H2,1H3. The summed E-state index contributed by atoms with van der Waals surface area (Å²) in [4.78, 5) is 21.5. The highest BCUT2D eigenvalue weighted by atomic mass is 16.1. The molecule has 1 aromatic carbocycles. The van der Waals surface area contributed by atoms with E-state index < -0.39 is 0 Å². The van der Waals surface area contributed by atoms with Crippen LogP contribution in [0.15, 0.2) is 24.5 Å². The number of fused-ring (bicyclic) bond motifs is 2. The Morgan fingerprint density at radius 2 is 2.06 bits per heavy atom. The molecule has 0 spiro atoms. The molecule has 4 nitrogen and oxygen atoms in total. The van der Waals surface area contributed by atoms with Gasteiger partial charge in [-0.3, -0.25) is 14.8 Å². The number of aromatic nitrogens is 2. The monoisotopic (exact) mass is 241 g/mol. The number of carbonyl (C=O) groups excluding carboxylic acids is 1. The Bertz CT molecular complexity index is 597. The Kier molecular flexibility index (Phi) is 2.70. The van der Waals surface area contributed by atoms with Crippen molar-refractivity contribution in [1.82, 2.24) is 14.9 Å². The van der Waals surface area contributed by atoms with Crippen molar-refractivity contribution in [3.63, 3.8) is 0 Å². The summed E-state index contributed by atoms with van der Waals surface area (Å²) in [5.74, 6) is 0.408. The molecule has 0 N–H and O–H groups in total. The first kappa shape index (κ1) is 11.1. The maximum absolute atomic E-state index is 11.0. The number of benzene rings is 1. The topological polar surface area (TPSA) is 46.1 Å². The smallest absolute Gasteiger partial charge is 0.210 e. The van der Waals surface area contributed by atoms with Crippen molar-refractivity contribution in [2.45, 2.75) is 25.8 Å². The molecule has 2 aromatic rings. The average molecular weight is 241 g/mol. The van der Waals surface area contributed by atoms with Crippen LogP contribution in [0.3, 0.4) is 0 Å². The van der Waals surface area contributed by atoms with Crippen LogP contribution in [-0.4, -0.2) is 27.8 Å². The van der Waals surface area contributed by atoms with Gasteiger partial charge in [0.15, 0.2) is 0 Å². The molecule has 0 saturated heterocycles. The molecule has 1 unspecified atom stereocenters. The average Bonchev–Trinajstić information content (AvgIpc) is 2.43. The van der Waals surface area contributed by atoms with E-state index in [1.54, 1.807) is 12.4 Å². The first-order valence-corrected chi connectivity index (χ1v) is 6.24. The zero-order valence-corrected chi connectivity index (χ0v) is 10.3. The number of hydrogen-bond donors (Lipinski definition) is 0. The van der Waals surface area contributed by atoms with E-state index in [1.807, 2.05) is 4.90 Å². The van der Waals surface area contributed by atoms with E-state index in [1.165, 1.54) is 11.1 Å². The fraction of sp³-hybridized carbons (Fsp3) is 0.357. The van der Waals surface area contributed by atoms with E-state index in [0.29, 0.717) is 12.5 Å². The van der Waals surface area contributed by atoms with Crippen molar-refractivity contribution in [3.8, 4) is 0 Å². The van der Waals surface area contributed by atoms with E-state index >= 15 is 0 Å². The quantitative estimate of drug-likeness (QED) is 0.756. The molecule has 18 heavy (non-hydrogen) atoms. The van der Waals surface area contributed by atoms with Crippen LogP contribution in [0.1, 0.15) is 30.4 Å². The lowest BCUT2D eigenvalue weighted by Crippen LogP contribution is -2.32. The zero-order valence-electron chi connectivity index (χ0n) is 10.3. The number of rotatable bonds is 2. The van der Waals surface area contributed by atoms with Gasteiger partial charge >= 0.3 is 0 Å². The van der Waals surface area contributed by atoms with Crippen LogP contribution in [0.2, 0.25) is 0 Å². The lowest BCUT2D eigenvalue weighted by atomic mass is 9.87. The minimum Gasteiger partial charge on any atom is -0.340 e. The Labute approximate surface area is 106 Å². The second-order valence-corrected chi connectivity index (χ2v) is 4.74. The second kappa shape index (κ2) is 4.37.